The zero-order valence-corrected chi connectivity index (χ0v) is 15.1. The molecule has 1 aliphatic rings. The van der Waals surface area contributed by atoms with Gasteiger partial charge in [0, 0.05) is 11.1 Å². The number of carbonyl (C=O) groups excluding carboxylic acids is 1. The van der Waals surface area contributed by atoms with Crippen LogP contribution in [0.25, 0.3) is 0 Å². The summed E-state index contributed by atoms with van der Waals surface area (Å²) in [7, 11) is 2.00. The number of anilines is 1. The molecule has 0 radical (unpaired) electrons. The molecule has 5 heteroatoms. The first kappa shape index (κ1) is 17.3. The van der Waals surface area contributed by atoms with Crippen molar-refractivity contribution in [3.05, 3.63) is 63.6 Å². The van der Waals surface area contributed by atoms with E-state index in [1.807, 2.05) is 7.05 Å². The van der Waals surface area contributed by atoms with Crippen LogP contribution in [0, 0.1) is 0 Å². The number of fused-ring (bicyclic) bond motifs is 1. The van der Waals surface area contributed by atoms with Gasteiger partial charge in [0.1, 0.15) is 0 Å². The van der Waals surface area contributed by atoms with E-state index in [-0.39, 0.29) is 11.9 Å². The lowest BCUT2D eigenvalue weighted by atomic mass is 9.87. The third-order valence-corrected chi connectivity index (χ3v) is 5.02. The molecule has 2 aromatic carbocycles. The minimum Gasteiger partial charge on any atom is -0.324 e. The van der Waals surface area contributed by atoms with Gasteiger partial charge >= 0.3 is 0 Å². The molecule has 0 aliphatic heterocycles. The van der Waals surface area contributed by atoms with Crippen molar-refractivity contribution in [2.75, 3.05) is 18.9 Å². The normalized spacial score (nSPS) is 16.8. The van der Waals surface area contributed by atoms with Crippen molar-refractivity contribution in [1.82, 2.24) is 4.90 Å². The first-order valence-electron chi connectivity index (χ1n) is 8.07. The Morgan fingerprint density at radius 1 is 1.25 bits per heavy atom. The minimum atomic E-state index is -0.0789. The maximum Gasteiger partial charge on any atom is 0.238 e. The Morgan fingerprint density at radius 3 is 2.83 bits per heavy atom. The topological polar surface area (TPSA) is 32.3 Å². The number of benzene rings is 2. The fraction of sp³-hybridized carbons (Fsp3) is 0.316. The second kappa shape index (κ2) is 7.56. The van der Waals surface area contributed by atoms with E-state index >= 15 is 0 Å². The van der Waals surface area contributed by atoms with Crippen LogP contribution in [0.4, 0.5) is 5.69 Å². The first-order chi connectivity index (χ1) is 11.5. The molecule has 0 aromatic heterocycles. The van der Waals surface area contributed by atoms with Crippen LogP contribution in [0.3, 0.4) is 0 Å². The average Bonchev–Trinajstić information content (AvgIpc) is 2.57. The van der Waals surface area contributed by atoms with Crippen molar-refractivity contribution in [2.45, 2.75) is 25.3 Å². The van der Waals surface area contributed by atoms with Crippen molar-refractivity contribution < 1.29 is 4.79 Å². The van der Waals surface area contributed by atoms with Gasteiger partial charge in [0.25, 0.3) is 0 Å². The second-order valence-corrected chi connectivity index (χ2v) is 7.04. The lowest BCUT2D eigenvalue weighted by Crippen LogP contribution is -2.34. The lowest BCUT2D eigenvalue weighted by Gasteiger charge is -2.32. The SMILES string of the molecule is CN(CC(=O)Nc1ccc(Cl)cc1Cl)[C@H]1CCCc2ccccc21. The van der Waals surface area contributed by atoms with Gasteiger partial charge in [-0.05, 0) is 55.6 Å². The molecule has 0 saturated heterocycles. The maximum atomic E-state index is 12.4. The summed E-state index contributed by atoms with van der Waals surface area (Å²) in [6, 6.07) is 13.8. The molecule has 0 unspecified atom stereocenters. The zero-order chi connectivity index (χ0) is 17.1. The van der Waals surface area contributed by atoms with E-state index in [4.69, 9.17) is 23.2 Å². The van der Waals surface area contributed by atoms with Crippen molar-refractivity contribution in [1.29, 1.82) is 0 Å². The Morgan fingerprint density at radius 2 is 2.04 bits per heavy atom. The molecule has 0 bridgehead atoms. The van der Waals surface area contributed by atoms with Crippen molar-refractivity contribution in [3.63, 3.8) is 0 Å². The van der Waals surface area contributed by atoms with Crippen LogP contribution < -0.4 is 5.32 Å². The summed E-state index contributed by atoms with van der Waals surface area (Å²) in [6.45, 7) is 0.317. The fourth-order valence-corrected chi connectivity index (χ4v) is 3.76. The number of halogens is 2. The van der Waals surface area contributed by atoms with E-state index < -0.39 is 0 Å². The summed E-state index contributed by atoms with van der Waals surface area (Å²) in [6.07, 6.45) is 3.34. The van der Waals surface area contributed by atoms with Crippen molar-refractivity contribution in [2.24, 2.45) is 0 Å². The molecule has 1 aliphatic carbocycles. The van der Waals surface area contributed by atoms with Crippen LogP contribution in [-0.2, 0) is 11.2 Å². The highest BCUT2D eigenvalue weighted by Crippen LogP contribution is 2.33. The van der Waals surface area contributed by atoms with Crippen LogP contribution >= 0.6 is 23.2 Å². The predicted molar refractivity (Wildman–Crippen MR) is 99.8 cm³/mol. The minimum absolute atomic E-state index is 0.0789. The van der Waals surface area contributed by atoms with Crippen molar-refractivity contribution >= 4 is 34.8 Å². The average molecular weight is 363 g/mol. The van der Waals surface area contributed by atoms with Gasteiger partial charge < -0.3 is 5.32 Å². The van der Waals surface area contributed by atoms with Gasteiger partial charge in [0.15, 0.2) is 0 Å². The zero-order valence-electron chi connectivity index (χ0n) is 13.6. The molecule has 3 nitrogen and oxygen atoms in total. The van der Waals surface area contributed by atoms with E-state index in [1.165, 1.54) is 11.1 Å². The molecule has 2 aromatic rings. The molecule has 0 spiro atoms. The van der Waals surface area contributed by atoms with Crippen LogP contribution in [0.5, 0.6) is 0 Å². The molecular formula is C19H20Cl2N2O. The van der Waals surface area contributed by atoms with Gasteiger partial charge in [-0.2, -0.15) is 0 Å². The smallest absolute Gasteiger partial charge is 0.238 e. The Labute approximate surface area is 152 Å². The van der Waals surface area contributed by atoms with Gasteiger partial charge in [-0.3, -0.25) is 9.69 Å². The summed E-state index contributed by atoms with van der Waals surface area (Å²) in [5.41, 5.74) is 3.31. The maximum absolute atomic E-state index is 12.4. The number of carbonyl (C=O) groups is 1. The van der Waals surface area contributed by atoms with Gasteiger partial charge in [0.2, 0.25) is 5.91 Å². The summed E-state index contributed by atoms with van der Waals surface area (Å²) in [5, 5.41) is 3.86. The van der Waals surface area contributed by atoms with Gasteiger partial charge in [-0.25, -0.2) is 0 Å². The molecule has 0 heterocycles. The molecule has 1 atom stereocenters. The predicted octanol–water partition coefficient (Wildman–Crippen LogP) is 4.94. The highest BCUT2D eigenvalue weighted by Gasteiger charge is 2.24. The second-order valence-electron chi connectivity index (χ2n) is 6.19. The molecule has 126 valence electrons. The van der Waals surface area contributed by atoms with E-state index in [2.05, 4.69) is 34.5 Å². The number of nitrogens with zero attached hydrogens (tertiary/aromatic N) is 1. The van der Waals surface area contributed by atoms with Gasteiger partial charge in [0.05, 0.1) is 17.3 Å². The molecule has 0 fully saturated rings. The third kappa shape index (κ3) is 3.92. The van der Waals surface area contributed by atoms with Gasteiger partial charge in [-0.1, -0.05) is 47.5 Å². The van der Waals surface area contributed by atoms with Crippen LogP contribution in [-0.4, -0.2) is 24.4 Å². The quantitative estimate of drug-likeness (QED) is 0.834. The van der Waals surface area contributed by atoms with Crippen molar-refractivity contribution in [3.8, 4) is 0 Å². The highest BCUT2D eigenvalue weighted by molar-refractivity contribution is 6.36. The summed E-state index contributed by atoms with van der Waals surface area (Å²) in [5.74, 6) is -0.0789. The summed E-state index contributed by atoms with van der Waals surface area (Å²) < 4.78 is 0. The molecule has 3 rings (SSSR count). The Hall–Kier alpha value is -1.55. The van der Waals surface area contributed by atoms with Crippen LogP contribution in [0.15, 0.2) is 42.5 Å². The molecule has 1 amide bonds. The Kier molecular flexibility index (Phi) is 5.44. The van der Waals surface area contributed by atoms with E-state index in [1.54, 1.807) is 18.2 Å². The number of likely N-dealkylation sites (N-methyl/N-ethyl adjacent to an activating group) is 1. The highest BCUT2D eigenvalue weighted by atomic mass is 35.5. The number of hydrogen-bond donors (Lipinski definition) is 1. The number of aryl methyl sites for hydroxylation is 1. The Balaban J connectivity index is 1.67. The van der Waals surface area contributed by atoms with E-state index in [0.29, 0.717) is 22.3 Å². The monoisotopic (exact) mass is 362 g/mol. The van der Waals surface area contributed by atoms with E-state index in [9.17, 15) is 4.79 Å². The van der Waals surface area contributed by atoms with Gasteiger partial charge in [-0.15, -0.1) is 0 Å². The third-order valence-electron chi connectivity index (χ3n) is 4.47. The molecule has 24 heavy (non-hydrogen) atoms. The molecule has 1 N–H and O–H groups in total. The number of hydrogen-bond acceptors (Lipinski definition) is 2. The number of rotatable bonds is 4. The first-order valence-corrected chi connectivity index (χ1v) is 8.83. The Bertz CT molecular complexity index is 748. The lowest BCUT2D eigenvalue weighted by molar-refractivity contribution is -0.117. The molecule has 0 saturated carbocycles. The van der Waals surface area contributed by atoms with Crippen LogP contribution in [0.1, 0.15) is 30.0 Å². The largest absolute Gasteiger partial charge is 0.324 e. The summed E-state index contributed by atoms with van der Waals surface area (Å²) in [4.78, 5) is 14.5. The fourth-order valence-electron chi connectivity index (χ4n) is 3.30. The number of nitrogens with one attached hydrogen (secondary N) is 1. The van der Waals surface area contributed by atoms with E-state index in [0.717, 1.165) is 19.3 Å². The summed E-state index contributed by atoms with van der Waals surface area (Å²) >= 11 is 12.0. The standard InChI is InChI=1S/C19H20Cl2N2O/c1-23(18-8-4-6-13-5-2-3-7-15(13)18)12-19(24)22-17-10-9-14(20)11-16(17)21/h2-3,5,7,9-11,18H,4,6,8,12H2,1H3,(H,22,24)/t18-/m0/s1. The molecular weight excluding hydrogens is 343 g/mol. The van der Waals surface area contributed by atoms with Crippen LogP contribution in [0.2, 0.25) is 10.0 Å². The number of amides is 1.